The molecule has 6 heteroatoms. The van der Waals surface area contributed by atoms with Crippen molar-refractivity contribution in [2.24, 2.45) is 0 Å². The first-order valence-electron chi connectivity index (χ1n) is 5.65. The first-order valence-corrected chi connectivity index (χ1v) is 6.44. The predicted octanol–water partition coefficient (Wildman–Crippen LogP) is 1.85. The summed E-state index contributed by atoms with van der Waals surface area (Å²) in [5.74, 6) is 0.650. The van der Waals surface area contributed by atoms with E-state index in [4.69, 9.17) is 9.47 Å². The molecule has 0 spiro atoms. The summed E-state index contributed by atoms with van der Waals surface area (Å²) in [6, 6.07) is 3.50. The average Bonchev–Trinajstić information content (AvgIpc) is 2.84. The van der Waals surface area contributed by atoms with Gasteiger partial charge in [-0.25, -0.2) is 4.98 Å². The Hall–Kier alpha value is -1.40. The van der Waals surface area contributed by atoms with E-state index in [9.17, 15) is 4.79 Å². The second-order valence-electron chi connectivity index (χ2n) is 4.13. The molecule has 0 bridgehead atoms. The molecule has 2 heterocycles. The second kappa shape index (κ2) is 4.70. The zero-order valence-corrected chi connectivity index (χ0v) is 11.1. The molecular weight excluding hydrogens is 300 g/mol. The minimum Gasteiger partial charge on any atom is -0.487 e. The number of fused-ring (bicyclic) bond motifs is 1. The molecule has 1 saturated heterocycles. The van der Waals surface area contributed by atoms with Crippen molar-refractivity contribution in [3.8, 4) is 5.75 Å². The van der Waals surface area contributed by atoms with Crippen LogP contribution in [0.4, 0.5) is 0 Å². The third-order valence-electron chi connectivity index (χ3n) is 2.88. The van der Waals surface area contributed by atoms with Gasteiger partial charge < -0.3 is 14.5 Å². The summed E-state index contributed by atoms with van der Waals surface area (Å²) in [7, 11) is 0. The number of aromatic nitrogens is 2. The van der Waals surface area contributed by atoms with E-state index in [1.807, 2.05) is 0 Å². The molecule has 0 saturated carbocycles. The van der Waals surface area contributed by atoms with Crippen LogP contribution in [0.2, 0.25) is 0 Å². The number of benzene rings is 1. The Balaban J connectivity index is 2.03. The van der Waals surface area contributed by atoms with E-state index in [0.717, 1.165) is 17.5 Å². The highest BCUT2D eigenvalue weighted by Crippen LogP contribution is 2.30. The van der Waals surface area contributed by atoms with Gasteiger partial charge in [0.05, 0.1) is 34.9 Å². The van der Waals surface area contributed by atoms with Gasteiger partial charge in [0.15, 0.2) is 0 Å². The van der Waals surface area contributed by atoms with Crippen LogP contribution in [0.5, 0.6) is 5.75 Å². The van der Waals surface area contributed by atoms with Crippen LogP contribution in [0.1, 0.15) is 6.42 Å². The molecule has 1 fully saturated rings. The maximum atomic E-state index is 11.7. The fraction of sp³-hybridized carbons (Fsp3) is 0.333. The average molecular weight is 311 g/mol. The minimum absolute atomic E-state index is 0.0505. The third-order valence-corrected chi connectivity index (χ3v) is 3.50. The van der Waals surface area contributed by atoms with Gasteiger partial charge in [-0.15, -0.1) is 0 Å². The monoisotopic (exact) mass is 310 g/mol. The van der Waals surface area contributed by atoms with Gasteiger partial charge in [-0.05, 0) is 28.1 Å². The van der Waals surface area contributed by atoms with E-state index < -0.39 is 0 Å². The lowest BCUT2D eigenvalue weighted by molar-refractivity contribution is 0.141. The van der Waals surface area contributed by atoms with Crippen LogP contribution in [-0.2, 0) is 4.74 Å². The van der Waals surface area contributed by atoms with E-state index in [1.165, 1.54) is 6.33 Å². The Bertz CT molecular complexity index is 635. The molecule has 1 aliphatic heterocycles. The molecule has 0 radical (unpaired) electrons. The molecule has 1 atom stereocenters. The summed E-state index contributed by atoms with van der Waals surface area (Å²) >= 11 is 3.43. The van der Waals surface area contributed by atoms with Crippen molar-refractivity contribution >= 4 is 26.8 Å². The number of hydrogen-bond acceptors (Lipinski definition) is 4. The molecule has 5 nitrogen and oxygen atoms in total. The summed E-state index contributed by atoms with van der Waals surface area (Å²) < 4.78 is 11.9. The first-order chi connectivity index (χ1) is 8.74. The minimum atomic E-state index is -0.167. The van der Waals surface area contributed by atoms with Gasteiger partial charge in [-0.1, -0.05) is 0 Å². The number of halogens is 1. The zero-order chi connectivity index (χ0) is 12.5. The smallest absolute Gasteiger partial charge is 0.258 e. The maximum Gasteiger partial charge on any atom is 0.258 e. The van der Waals surface area contributed by atoms with Crippen molar-refractivity contribution in [2.75, 3.05) is 13.2 Å². The topological polar surface area (TPSA) is 64.2 Å². The molecule has 1 aliphatic rings. The summed E-state index contributed by atoms with van der Waals surface area (Å²) in [6.45, 7) is 1.31. The van der Waals surface area contributed by atoms with Crippen LogP contribution in [-0.4, -0.2) is 29.3 Å². The van der Waals surface area contributed by atoms with E-state index in [0.29, 0.717) is 23.3 Å². The molecular formula is C12H11BrN2O3. The zero-order valence-electron chi connectivity index (χ0n) is 9.48. The van der Waals surface area contributed by atoms with Crippen LogP contribution >= 0.6 is 15.9 Å². The van der Waals surface area contributed by atoms with Crippen molar-refractivity contribution in [2.45, 2.75) is 12.5 Å². The molecule has 94 valence electrons. The molecule has 1 unspecified atom stereocenters. The lowest BCUT2D eigenvalue weighted by Crippen LogP contribution is -2.16. The van der Waals surface area contributed by atoms with Crippen molar-refractivity contribution in [1.29, 1.82) is 0 Å². The van der Waals surface area contributed by atoms with E-state index in [2.05, 4.69) is 25.9 Å². The number of nitrogens with zero attached hydrogens (tertiary/aromatic N) is 1. The van der Waals surface area contributed by atoms with Gasteiger partial charge in [-0.2, -0.15) is 0 Å². The molecule has 1 N–H and O–H groups in total. The summed E-state index contributed by atoms with van der Waals surface area (Å²) in [6.07, 6.45) is 2.31. The maximum absolute atomic E-state index is 11.7. The fourth-order valence-corrected chi connectivity index (χ4v) is 2.37. The van der Waals surface area contributed by atoms with Gasteiger partial charge in [0.25, 0.3) is 5.56 Å². The molecule has 3 rings (SSSR count). The van der Waals surface area contributed by atoms with Crippen molar-refractivity contribution < 1.29 is 9.47 Å². The van der Waals surface area contributed by atoms with Gasteiger partial charge in [0, 0.05) is 6.42 Å². The van der Waals surface area contributed by atoms with Crippen LogP contribution in [0.25, 0.3) is 10.9 Å². The van der Waals surface area contributed by atoms with Gasteiger partial charge in [-0.3, -0.25) is 4.79 Å². The fourth-order valence-electron chi connectivity index (χ4n) is 1.95. The Kier molecular flexibility index (Phi) is 3.05. The molecule has 1 aromatic heterocycles. The standard InChI is InChI=1S/C12H11BrN2O3/c13-9-4-10-8(12(16)15-6-14-10)3-11(9)18-7-1-2-17-5-7/h3-4,6-7H,1-2,5H2,(H,14,15,16). The summed E-state index contributed by atoms with van der Waals surface area (Å²) in [5, 5.41) is 0.523. The number of H-pyrrole nitrogens is 1. The van der Waals surface area contributed by atoms with E-state index >= 15 is 0 Å². The quantitative estimate of drug-likeness (QED) is 0.919. The van der Waals surface area contributed by atoms with Gasteiger partial charge in [0.1, 0.15) is 11.9 Å². The van der Waals surface area contributed by atoms with E-state index in [1.54, 1.807) is 12.1 Å². The highest BCUT2D eigenvalue weighted by molar-refractivity contribution is 9.10. The van der Waals surface area contributed by atoms with Crippen LogP contribution in [0.3, 0.4) is 0 Å². The molecule has 2 aromatic rings. The molecule has 1 aromatic carbocycles. The number of nitrogens with one attached hydrogen (secondary N) is 1. The van der Waals surface area contributed by atoms with Crippen LogP contribution < -0.4 is 10.3 Å². The third kappa shape index (κ3) is 2.13. The second-order valence-corrected chi connectivity index (χ2v) is 4.99. The molecule has 18 heavy (non-hydrogen) atoms. The van der Waals surface area contributed by atoms with Crippen molar-refractivity contribution in [1.82, 2.24) is 9.97 Å². The van der Waals surface area contributed by atoms with Crippen LogP contribution in [0.15, 0.2) is 27.7 Å². The number of aromatic amines is 1. The summed E-state index contributed by atoms with van der Waals surface area (Å²) in [4.78, 5) is 18.4. The van der Waals surface area contributed by atoms with Crippen molar-refractivity contribution in [3.05, 3.63) is 33.3 Å². The highest BCUT2D eigenvalue weighted by Gasteiger charge is 2.19. The molecule has 0 aliphatic carbocycles. The number of rotatable bonds is 2. The van der Waals surface area contributed by atoms with Crippen molar-refractivity contribution in [3.63, 3.8) is 0 Å². The Labute approximate surface area is 111 Å². The first kappa shape index (κ1) is 11.7. The van der Waals surface area contributed by atoms with Gasteiger partial charge in [0.2, 0.25) is 0 Å². The SMILES string of the molecule is O=c1[nH]cnc2cc(Br)c(OC3CCOC3)cc12. The Morgan fingerprint density at radius 2 is 2.39 bits per heavy atom. The normalized spacial score (nSPS) is 19.3. The Morgan fingerprint density at radius 3 is 3.17 bits per heavy atom. The summed E-state index contributed by atoms with van der Waals surface area (Å²) in [5.41, 5.74) is 0.473. The lowest BCUT2D eigenvalue weighted by Gasteiger charge is -2.13. The highest BCUT2D eigenvalue weighted by atomic mass is 79.9. The van der Waals surface area contributed by atoms with E-state index in [-0.39, 0.29) is 11.7 Å². The largest absolute Gasteiger partial charge is 0.487 e. The molecule has 0 amide bonds. The van der Waals surface area contributed by atoms with Gasteiger partial charge >= 0.3 is 0 Å². The number of ether oxygens (including phenoxy) is 2. The van der Waals surface area contributed by atoms with Crippen LogP contribution in [0, 0.1) is 0 Å². The predicted molar refractivity (Wildman–Crippen MR) is 69.9 cm³/mol. The number of hydrogen-bond donors (Lipinski definition) is 1. The Morgan fingerprint density at radius 1 is 1.50 bits per heavy atom. The lowest BCUT2D eigenvalue weighted by atomic mass is 10.2.